The van der Waals surface area contributed by atoms with E-state index in [1.807, 2.05) is 23.9 Å². The van der Waals surface area contributed by atoms with Gasteiger partial charge in [-0.15, -0.1) is 0 Å². The van der Waals surface area contributed by atoms with Crippen LogP contribution in [0.15, 0.2) is 24.3 Å². The maximum atomic E-state index is 13.7. The number of carboxylic acid groups (broad SMARTS) is 1. The number of ether oxygens (including phenoxy) is 3. The zero-order chi connectivity index (χ0) is 30.4. The van der Waals surface area contributed by atoms with Gasteiger partial charge >= 0.3 is 5.97 Å². The topological polar surface area (TPSA) is 137 Å². The molecule has 1 fully saturated rings. The number of hydrogen-bond donors (Lipinski definition) is 3. The molecule has 4 rings (SSSR count). The Kier molecular flexibility index (Phi) is 10.4. The summed E-state index contributed by atoms with van der Waals surface area (Å²) in [5.41, 5.74) is 0.726. The first kappa shape index (κ1) is 31.3. The van der Waals surface area contributed by atoms with Crippen LogP contribution in [-0.2, 0) is 16.1 Å². The van der Waals surface area contributed by atoms with Crippen molar-refractivity contribution in [2.24, 2.45) is 5.92 Å². The van der Waals surface area contributed by atoms with Gasteiger partial charge in [-0.05, 0) is 57.6 Å². The van der Waals surface area contributed by atoms with Gasteiger partial charge in [0.2, 0.25) is 18.4 Å². The predicted molar refractivity (Wildman–Crippen MR) is 155 cm³/mol. The Hall–Kier alpha value is -3.64. The van der Waals surface area contributed by atoms with E-state index in [0.717, 1.165) is 31.4 Å². The number of unbranched alkanes of at least 4 members (excludes halogenated alkanes) is 1. The van der Waals surface area contributed by atoms with Crippen LogP contribution in [0.1, 0.15) is 44.1 Å². The molecule has 3 heterocycles. The number of methoxy groups -OCH3 is 1. The lowest BCUT2D eigenvalue weighted by Gasteiger charge is -2.30. The number of hydrogen-bond acceptors (Lipinski definition) is 9. The minimum Gasteiger partial charge on any atom is -0.494 e. The van der Waals surface area contributed by atoms with Gasteiger partial charge in [-0.3, -0.25) is 19.1 Å². The summed E-state index contributed by atoms with van der Waals surface area (Å²) < 4.78 is 18.0. The highest BCUT2D eigenvalue weighted by atomic mass is 16.7. The minimum atomic E-state index is -0.980. The molecule has 3 N–H and O–H groups in total. The van der Waals surface area contributed by atoms with Gasteiger partial charge in [-0.1, -0.05) is 13.3 Å². The van der Waals surface area contributed by atoms with Gasteiger partial charge < -0.3 is 39.3 Å². The molecule has 1 amide bonds. The summed E-state index contributed by atoms with van der Waals surface area (Å²) in [6.07, 6.45) is 2.99. The first-order chi connectivity index (χ1) is 20.1. The molecule has 12 nitrogen and oxygen atoms in total. The summed E-state index contributed by atoms with van der Waals surface area (Å²) in [4.78, 5) is 32.5. The summed E-state index contributed by atoms with van der Waals surface area (Å²) in [5.74, 6) is -1.12. The average molecular weight is 589 g/mol. The van der Waals surface area contributed by atoms with Crippen molar-refractivity contribution in [3.8, 4) is 29.0 Å². The van der Waals surface area contributed by atoms with Crippen LogP contribution in [0.25, 0.3) is 0 Å². The van der Waals surface area contributed by atoms with E-state index >= 15 is 0 Å². The number of amides is 1. The van der Waals surface area contributed by atoms with Crippen LogP contribution in [0.5, 0.6) is 29.0 Å². The van der Waals surface area contributed by atoms with Gasteiger partial charge in [0, 0.05) is 50.3 Å². The van der Waals surface area contributed by atoms with E-state index in [-0.39, 0.29) is 37.5 Å². The highest BCUT2D eigenvalue weighted by Crippen LogP contribution is 2.47. The molecule has 0 bridgehead atoms. The summed E-state index contributed by atoms with van der Waals surface area (Å²) in [5, 5.41) is 31.0. The van der Waals surface area contributed by atoms with E-state index in [1.54, 1.807) is 12.1 Å². The molecule has 1 aromatic heterocycles. The van der Waals surface area contributed by atoms with E-state index in [1.165, 1.54) is 23.8 Å². The van der Waals surface area contributed by atoms with Crippen molar-refractivity contribution >= 4 is 11.9 Å². The molecule has 0 radical (unpaired) electrons. The van der Waals surface area contributed by atoms with Crippen molar-refractivity contribution in [2.75, 3.05) is 60.7 Å². The summed E-state index contributed by atoms with van der Waals surface area (Å²) in [6.45, 7) is 4.87. The van der Waals surface area contributed by atoms with Gasteiger partial charge in [0.15, 0.2) is 23.3 Å². The SMILES string of the molecule is CCCCN(CCCN(C)C)C(=O)CN1C[C@H](c2cc(OC)c3c(c2)OCO3)[C@@H](C(=O)O)[C@@H]1CCn1c(O)ccc1O. The number of likely N-dealkylation sites (tertiary alicyclic amines) is 1. The molecule has 1 saturated heterocycles. The van der Waals surface area contributed by atoms with Crippen LogP contribution in [-0.4, -0.2) is 113 Å². The van der Waals surface area contributed by atoms with Crippen LogP contribution in [0.3, 0.4) is 0 Å². The van der Waals surface area contributed by atoms with Gasteiger partial charge in [0.25, 0.3) is 0 Å². The standard InChI is InChI=1S/C30H44N4O8/c1-5-6-12-32(13-7-11-31(2)3)27(37)18-33-17-21(20-15-23(40-4)29-24(16-20)41-19-42-29)28(30(38)39)22(33)10-14-34-25(35)8-9-26(34)36/h8-9,15-16,21-22,28,35-36H,5-7,10-14,17-19H2,1-4H3,(H,38,39)/t21-,22+,28-/m1/s1. The molecule has 12 heteroatoms. The Morgan fingerprint density at radius 3 is 2.43 bits per heavy atom. The smallest absolute Gasteiger partial charge is 0.308 e. The van der Waals surface area contributed by atoms with Gasteiger partial charge in [0.05, 0.1) is 19.6 Å². The predicted octanol–water partition coefficient (Wildman–Crippen LogP) is 2.78. The van der Waals surface area contributed by atoms with Crippen LogP contribution in [0.4, 0.5) is 0 Å². The molecule has 3 atom stereocenters. The third kappa shape index (κ3) is 7.04. The molecule has 0 saturated carbocycles. The molecular weight excluding hydrogens is 544 g/mol. The maximum Gasteiger partial charge on any atom is 0.308 e. The van der Waals surface area contributed by atoms with Crippen molar-refractivity contribution in [3.05, 3.63) is 29.8 Å². The number of aromatic hydroxyl groups is 2. The highest BCUT2D eigenvalue weighted by Gasteiger charge is 2.47. The number of fused-ring (bicyclic) bond motifs is 1. The lowest BCUT2D eigenvalue weighted by Crippen LogP contribution is -2.45. The zero-order valence-corrected chi connectivity index (χ0v) is 25.0. The summed E-state index contributed by atoms with van der Waals surface area (Å²) in [6, 6.07) is 5.83. The molecule has 2 aliphatic heterocycles. The second-order valence-electron chi connectivity index (χ2n) is 11.3. The van der Waals surface area contributed by atoms with Gasteiger partial charge in [0.1, 0.15) is 0 Å². The van der Waals surface area contributed by atoms with Crippen molar-refractivity contribution in [3.63, 3.8) is 0 Å². The number of benzene rings is 1. The monoisotopic (exact) mass is 588 g/mol. The molecule has 2 aliphatic rings. The number of aliphatic carboxylic acids is 1. The van der Waals surface area contributed by atoms with Crippen LogP contribution >= 0.6 is 0 Å². The second kappa shape index (κ2) is 14.0. The minimum absolute atomic E-state index is 0.0353. The fourth-order valence-corrected chi connectivity index (χ4v) is 6.05. The molecular formula is C30H44N4O8. The van der Waals surface area contributed by atoms with Crippen LogP contribution < -0.4 is 14.2 Å². The van der Waals surface area contributed by atoms with E-state index < -0.39 is 23.8 Å². The molecule has 0 unspecified atom stereocenters. The molecule has 232 valence electrons. The van der Waals surface area contributed by atoms with E-state index in [2.05, 4.69) is 11.8 Å². The third-order valence-corrected chi connectivity index (χ3v) is 8.23. The Morgan fingerprint density at radius 2 is 1.79 bits per heavy atom. The fraction of sp³-hybridized carbons (Fsp3) is 0.600. The Morgan fingerprint density at radius 1 is 1.07 bits per heavy atom. The Bertz CT molecular complexity index is 1210. The lowest BCUT2D eigenvalue weighted by atomic mass is 9.84. The van der Waals surface area contributed by atoms with Crippen molar-refractivity contribution in [1.29, 1.82) is 0 Å². The van der Waals surface area contributed by atoms with Gasteiger partial charge in [-0.2, -0.15) is 0 Å². The maximum absolute atomic E-state index is 13.7. The van der Waals surface area contributed by atoms with Crippen LogP contribution in [0.2, 0.25) is 0 Å². The Labute approximate surface area is 247 Å². The number of carboxylic acids is 1. The zero-order valence-electron chi connectivity index (χ0n) is 25.0. The number of carbonyl (C=O) groups excluding carboxylic acids is 1. The highest BCUT2D eigenvalue weighted by molar-refractivity contribution is 5.79. The summed E-state index contributed by atoms with van der Waals surface area (Å²) in [7, 11) is 5.53. The fourth-order valence-electron chi connectivity index (χ4n) is 6.05. The average Bonchev–Trinajstić information content (AvgIpc) is 3.65. The van der Waals surface area contributed by atoms with E-state index in [9.17, 15) is 24.9 Å². The first-order valence-electron chi connectivity index (χ1n) is 14.6. The van der Waals surface area contributed by atoms with E-state index in [0.29, 0.717) is 43.3 Å². The van der Waals surface area contributed by atoms with Crippen molar-refractivity contribution < 1.29 is 39.1 Å². The number of aromatic nitrogens is 1. The molecule has 0 spiro atoms. The van der Waals surface area contributed by atoms with Crippen molar-refractivity contribution in [1.82, 2.24) is 19.3 Å². The first-order valence-corrected chi connectivity index (χ1v) is 14.6. The van der Waals surface area contributed by atoms with Crippen LogP contribution in [0, 0.1) is 5.92 Å². The second-order valence-corrected chi connectivity index (χ2v) is 11.3. The van der Waals surface area contributed by atoms with Crippen molar-refractivity contribution in [2.45, 2.75) is 51.1 Å². The molecule has 1 aromatic carbocycles. The summed E-state index contributed by atoms with van der Waals surface area (Å²) >= 11 is 0. The van der Waals surface area contributed by atoms with Gasteiger partial charge in [-0.25, -0.2) is 0 Å². The molecule has 2 aromatic rings. The molecule has 0 aliphatic carbocycles. The lowest BCUT2D eigenvalue weighted by molar-refractivity contribution is -0.144. The largest absolute Gasteiger partial charge is 0.494 e. The number of carbonyl (C=O) groups is 2. The third-order valence-electron chi connectivity index (χ3n) is 8.23. The number of rotatable bonds is 15. The van der Waals surface area contributed by atoms with E-state index in [4.69, 9.17) is 14.2 Å². The Balaban J connectivity index is 1.63. The quantitative estimate of drug-likeness (QED) is 0.285. The molecule has 42 heavy (non-hydrogen) atoms. The number of nitrogens with zero attached hydrogens (tertiary/aromatic N) is 4. The normalized spacial score (nSPS) is 19.9.